The number of nitrogens with zero attached hydrogens (tertiary/aromatic N) is 6. The summed E-state index contributed by atoms with van der Waals surface area (Å²) in [5.41, 5.74) is 7.96. The zero-order valence-corrected chi connectivity index (χ0v) is 21.2. The van der Waals surface area contributed by atoms with E-state index in [0.29, 0.717) is 28.4 Å². The van der Waals surface area contributed by atoms with Crippen LogP contribution in [0.2, 0.25) is 5.02 Å². The molecule has 0 bridgehead atoms. The van der Waals surface area contributed by atoms with Crippen LogP contribution < -0.4 is 16.4 Å². The Kier molecular flexibility index (Phi) is 7.80. The van der Waals surface area contributed by atoms with Gasteiger partial charge in [0, 0.05) is 35.5 Å². The second kappa shape index (κ2) is 10.6. The summed E-state index contributed by atoms with van der Waals surface area (Å²) < 4.78 is 5.21. The maximum atomic E-state index is 12.7. The average Bonchev–Trinajstić information content (AvgIpc) is 3.32. The SMILES string of the molecule is CN=CC(=CN)Nc1ncnc(-c2ccc(C(C)NC(=O)c3noc(C(C)(C)C)n3)c(Cl)c2C)n1. The molecule has 0 aliphatic rings. The molecule has 3 aromatic rings. The van der Waals surface area contributed by atoms with Gasteiger partial charge in [-0.1, -0.05) is 49.7 Å². The Hall–Kier alpha value is -3.86. The van der Waals surface area contributed by atoms with Crippen LogP contribution in [0.3, 0.4) is 0 Å². The Labute approximate surface area is 208 Å². The number of halogens is 1. The molecule has 3 rings (SSSR count). The van der Waals surface area contributed by atoms with Crippen molar-refractivity contribution >= 4 is 29.7 Å². The lowest BCUT2D eigenvalue weighted by molar-refractivity contribution is 0.0926. The number of aromatic nitrogens is 5. The lowest BCUT2D eigenvalue weighted by Crippen LogP contribution is -2.28. The third kappa shape index (κ3) is 5.99. The minimum Gasteiger partial charge on any atom is -0.403 e. The molecule has 35 heavy (non-hydrogen) atoms. The first kappa shape index (κ1) is 25.8. The molecule has 0 saturated carbocycles. The number of carbonyl (C=O) groups is 1. The van der Waals surface area contributed by atoms with Crippen LogP contribution >= 0.6 is 11.6 Å². The monoisotopic (exact) mass is 497 g/mol. The van der Waals surface area contributed by atoms with Crippen LogP contribution in [0.1, 0.15) is 61.4 Å². The first-order valence-corrected chi connectivity index (χ1v) is 11.2. The summed E-state index contributed by atoms with van der Waals surface area (Å²) in [5.74, 6) is 0.631. The van der Waals surface area contributed by atoms with Crippen LogP contribution in [0.5, 0.6) is 0 Å². The van der Waals surface area contributed by atoms with Crippen molar-refractivity contribution in [3.05, 3.63) is 58.2 Å². The van der Waals surface area contributed by atoms with Crippen LogP contribution in [0.15, 0.2) is 39.9 Å². The van der Waals surface area contributed by atoms with E-state index in [2.05, 4.69) is 40.7 Å². The van der Waals surface area contributed by atoms with Gasteiger partial charge in [-0.05, 0) is 25.0 Å². The fraction of sp³-hybridized carbons (Fsp3) is 0.348. The van der Waals surface area contributed by atoms with Gasteiger partial charge in [0.05, 0.1) is 11.7 Å². The number of anilines is 1. The number of allylic oxidation sites excluding steroid dienone is 1. The molecule has 1 atom stereocenters. The molecule has 12 heteroatoms. The summed E-state index contributed by atoms with van der Waals surface area (Å²) in [4.78, 5) is 33.6. The van der Waals surface area contributed by atoms with Crippen molar-refractivity contribution in [3.63, 3.8) is 0 Å². The first-order valence-electron chi connectivity index (χ1n) is 10.8. The van der Waals surface area contributed by atoms with E-state index in [0.717, 1.165) is 16.7 Å². The second-order valence-corrected chi connectivity index (χ2v) is 9.15. The molecule has 0 aliphatic heterocycles. The molecular formula is C23H28ClN9O2. The number of rotatable bonds is 7. The van der Waals surface area contributed by atoms with Gasteiger partial charge in [-0.3, -0.25) is 9.79 Å². The van der Waals surface area contributed by atoms with Crippen molar-refractivity contribution in [3.8, 4) is 11.4 Å². The smallest absolute Gasteiger partial charge is 0.293 e. The van der Waals surface area contributed by atoms with Crippen LogP contribution in [0, 0.1) is 6.92 Å². The largest absolute Gasteiger partial charge is 0.403 e. The van der Waals surface area contributed by atoms with Gasteiger partial charge >= 0.3 is 0 Å². The molecule has 184 valence electrons. The topological polar surface area (TPSA) is 157 Å². The standard InChI is InChI=1S/C23H28ClN9O2/c1-12-15(18-27-11-28-22(32-18)30-14(9-25)10-26-6)7-8-16(17(12)24)13(2)29-20(34)19-31-21(35-33-19)23(3,4)5/h7-11,13H,25H2,1-6H3,(H,29,34)(H,27,28,30,32). The lowest BCUT2D eigenvalue weighted by atomic mass is 9.97. The zero-order chi connectivity index (χ0) is 25.8. The second-order valence-electron chi connectivity index (χ2n) is 8.78. The summed E-state index contributed by atoms with van der Waals surface area (Å²) in [6.07, 6.45) is 4.30. The van der Waals surface area contributed by atoms with Gasteiger partial charge < -0.3 is 20.9 Å². The van der Waals surface area contributed by atoms with Crippen molar-refractivity contribution < 1.29 is 9.32 Å². The first-order chi connectivity index (χ1) is 16.5. The molecular weight excluding hydrogens is 470 g/mol. The van der Waals surface area contributed by atoms with Crippen molar-refractivity contribution in [1.82, 2.24) is 30.4 Å². The summed E-state index contributed by atoms with van der Waals surface area (Å²) in [6.45, 7) is 9.45. The summed E-state index contributed by atoms with van der Waals surface area (Å²) in [5, 5.41) is 10.1. The molecule has 0 fully saturated rings. The summed E-state index contributed by atoms with van der Waals surface area (Å²) in [6, 6.07) is 3.25. The Balaban J connectivity index is 1.82. The number of amides is 1. The number of hydrogen-bond donors (Lipinski definition) is 3. The van der Waals surface area contributed by atoms with Gasteiger partial charge in [0.2, 0.25) is 11.8 Å². The number of aliphatic imine (C=N–C) groups is 1. The van der Waals surface area contributed by atoms with Crippen LogP contribution in [-0.2, 0) is 5.41 Å². The Morgan fingerprint density at radius 2 is 2.00 bits per heavy atom. The Morgan fingerprint density at radius 1 is 1.26 bits per heavy atom. The van der Waals surface area contributed by atoms with E-state index in [4.69, 9.17) is 21.9 Å². The van der Waals surface area contributed by atoms with E-state index in [-0.39, 0.29) is 11.2 Å². The number of nitrogens with one attached hydrogen (secondary N) is 2. The highest BCUT2D eigenvalue weighted by atomic mass is 35.5. The van der Waals surface area contributed by atoms with Gasteiger partial charge in [-0.25, -0.2) is 9.97 Å². The van der Waals surface area contributed by atoms with Crippen molar-refractivity contribution in [2.45, 2.75) is 46.1 Å². The van der Waals surface area contributed by atoms with Gasteiger partial charge in [-0.2, -0.15) is 9.97 Å². The van der Waals surface area contributed by atoms with Crippen LogP contribution in [0.25, 0.3) is 11.4 Å². The third-order valence-corrected chi connectivity index (χ3v) is 5.52. The molecule has 2 aromatic heterocycles. The van der Waals surface area contributed by atoms with E-state index in [1.54, 1.807) is 13.3 Å². The normalized spacial score (nSPS) is 13.2. The average molecular weight is 498 g/mol. The van der Waals surface area contributed by atoms with E-state index in [1.807, 2.05) is 46.8 Å². The molecule has 1 amide bonds. The van der Waals surface area contributed by atoms with Crippen molar-refractivity contribution in [2.24, 2.45) is 10.7 Å². The molecule has 0 saturated heterocycles. The maximum Gasteiger partial charge on any atom is 0.293 e. The fourth-order valence-corrected chi connectivity index (χ4v) is 3.44. The van der Waals surface area contributed by atoms with Crippen molar-refractivity contribution in [1.29, 1.82) is 0 Å². The van der Waals surface area contributed by atoms with Gasteiger partial charge in [0.25, 0.3) is 11.7 Å². The number of nitrogens with two attached hydrogens (primary N) is 1. The van der Waals surface area contributed by atoms with E-state index in [9.17, 15) is 4.79 Å². The van der Waals surface area contributed by atoms with E-state index >= 15 is 0 Å². The highest BCUT2D eigenvalue weighted by molar-refractivity contribution is 6.32. The third-order valence-electron chi connectivity index (χ3n) is 5.02. The molecule has 1 unspecified atom stereocenters. The molecule has 2 heterocycles. The van der Waals surface area contributed by atoms with Crippen LogP contribution in [-0.4, -0.2) is 44.3 Å². The number of hydrogen-bond acceptors (Lipinski definition) is 10. The van der Waals surface area contributed by atoms with E-state index in [1.165, 1.54) is 12.5 Å². The van der Waals surface area contributed by atoms with Gasteiger partial charge in [0.15, 0.2) is 5.82 Å². The van der Waals surface area contributed by atoms with Gasteiger partial charge in [-0.15, -0.1) is 0 Å². The number of benzene rings is 1. The molecule has 0 radical (unpaired) electrons. The van der Waals surface area contributed by atoms with Gasteiger partial charge in [0.1, 0.15) is 6.33 Å². The predicted molar refractivity (Wildman–Crippen MR) is 134 cm³/mol. The van der Waals surface area contributed by atoms with Crippen molar-refractivity contribution in [2.75, 3.05) is 12.4 Å². The Bertz CT molecular complexity index is 1280. The minimum absolute atomic E-state index is 0.0320. The quantitative estimate of drug-likeness (QED) is 0.415. The van der Waals surface area contributed by atoms with Crippen LogP contribution in [0.4, 0.5) is 5.95 Å². The summed E-state index contributed by atoms with van der Waals surface area (Å²) in [7, 11) is 1.63. The summed E-state index contributed by atoms with van der Waals surface area (Å²) >= 11 is 6.69. The number of carbonyl (C=O) groups excluding carboxylic acids is 1. The van der Waals surface area contributed by atoms with E-state index < -0.39 is 11.9 Å². The highest BCUT2D eigenvalue weighted by Gasteiger charge is 2.25. The molecule has 4 N–H and O–H groups in total. The zero-order valence-electron chi connectivity index (χ0n) is 20.4. The molecule has 0 aliphatic carbocycles. The highest BCUT2D eigenvalue weighted by Crippen LogP contribution is 2.33. The maximum absolute atomic E-state index is 12.7. The minimum atomic E-state index is -0.456. The lowest BCUT2D eigenvalue weighted by Gasteiger charge is -2.18. The molecule has 1 aromatic carbocycles. The Morgan fingerprint density at radius 3 is 2.63 bits per heavy atom. The molecule has 11 nitrogen and oxygen atoms in total. The predicted octanol–water partition coefficient (Wildman–Crippen LogP) is 3.58. The fourth-order valence-electron chi connectivity index (χ4n) is 3.11. The molecule has 0 spiro atoms.